The summed E-state index contributed by atoms with van der Waals surface area (Å²) in [6.45, 7) is 13.6. The highest BCUT2D eigenvalue weighted by molar-refractivity contribution is 5.17. The van der Waals surface area contributed by atoms with Gasteiger partial charge in [-0.25, -0.2) is 0 Å². The molecule has 0 saturated heterocycles. The Labute approximate surface area is 136 Å². The second-order valence-electron chi connectivity index (χ2n) is 8.46. The van der Waals surface area contributed by atoms with Crippen molar-refractivity contribution >= 4 is 0 Å². The molecule has 0 radical (unpaired) electrons. The molecule has 0 bridgehead atoms. The summed E-state index contributed by atoms with van der Waals surface area (Å²) in [6.07, 6.45) is 8.19. The Morgan fingerprint density at radius 1 is 1.32 bits per heavy atom. The van der Waals surface area contributed by atoms with E-state index in [0.29, 0.717) is 11.8 Å². The van der Waals surface area contributed by atoms with Gasteiger partial charge in [0.1, 0.15) is 0 Å². The SMILES string of the molecule is C=C1CC[C@H]2C(C)(C)[C@H](O)CC[C@@]2(C)[C@@H]1CC/C(C)=C/CO. The molecule has 0 aromatic heterocycles. The predicted octanol–water partition coefficient (Wildman–Crippen LogP) is 4.47. The van der Waals surface area contributed by atoms with Crippen molar-refractivity contribution in [3.63, 3.8) is 0 Å². The third-order valence-corrected chi connectivity index (χ3v) is 6.82. The summed E-state index contributed by atoms with van der Waals surface area (Å²) < 4.78 is 0. The summed E-state index contributed by atoms with van der Waals surface area (Å²) in [5.41, 5.74) is 2.94. The summed E-state index contributed by atoms with van der Waals surface area (Å²) in [7, 11) is 0. The van der Waals surface area contributed by atoms with Crippen LogP contribution in [-0.4, -0.2) is 22.9 Å². The van der Waals surface area contributed by atoms with Gasteiger partial charge in [-0.3, -0.25) is 0 Å². The number of fused-ring (bicyclic) bond motifs is 1. The Bertz CT molecular complexity index is 449. The van der Waals surface area contributed by atoms with Gasteiger partial charge < -0.3 is 10.2 Å². The van der Waals surface area contributed by atoms with E-state index in [1.54, 1.807) is 0 Å². The molecule has 2 aliphatic carbocycles. The van der Waals surface area contributed by atoms with Gasteiger partial charge in [0.15, 0.2) is 0 Å². The molecule has 4 atom stereocenters. The molecule has 0 aromatic rings. The van der Waals surface area contributed by atoms with Crippen LogP contribution < -0.4 is 0 Å². The first kappa shape index (κ1) is 17.7. The normalized spacial score (nSPS) is 38.7. The lowest BCUT2D eigenvalue weighted by Gasteiger charge is -2.59. The Kier molecular flexibility index (Phi) is 5.23. The van der Waals surface area contributed by atoms with Crippen molar-refractivity contribution in [3.05, 3.63) is 23.8 Å². The van der Waals surface area contributed by atoms with Gasteiger partial charge in [0.25, 0.3) is 0 Å². The number of aliphatic hydroxyl groups is 2. The molecule has 0 heterocycles. The molecule has 2 heteroatoms. The Balaban J connectivity index is 2.21. The van der Waals surface area contributed by atoms with E-state index < -0.39 is 0 Å². The van der Waals surface area contributed by atoms with Crippen molar-refractivity contribution in [1.29, 1.82) is 0 Å². The van der Waals surface area contributed by atoms with Crippen LogP contribution in [0.4, 0.5) is 0 Å². The lowest BCUT2D eigenvalue weighted by molar-refractivity contribution is -0.124. The smallest absolute Gasteiger partial charge is 0.0614 e. The van der Waals surface area contributed by atoms with Crippen LogP contribution in [0.3, 0.4) is 0 Å². The Morgan fingerprint density at radius 3 is 2.64 bits per heavy atom. The summed E-state index contributed by atoms with van der Waals surface area (Å²) in [6, 6.07) is 0. The fourth-order valence-electron chi connectivity index (χ4n) is 5.33. The van der Waals surface area contributed by atoms with Crippen molar-refractivity contribution in [1.82, 2.24) is 0 Å². The molecule has 0 amide bonds. The lowest BCUT2D eigenvalue weighted by atomic mass is 9.46. The van der Waals surface area contributed by atoms with Crippen LogP contribution in [0.5, 0.6) is 0 Å². The van der Waals surface area contributed by atoms with Crippen molar-refractivity contribution in [2.75, 3.05) is 6.61 Å². The van der Waals surface area contributed by atoms with Crippen LogP contribution >= 0.6 is 0 Å². The standard InChI is InChI=1S/C20H34O2/c1-14(11-13-21)6-8-16-15(2)7-9-17-19(3,4)18(22)10-12-20(16,17)5/h11,16-18,21-22H,2,6-10,12-13H2,1,3-5H3/b14-11+/t16-,17+,18-,20+/m1/s1. The van der Waals surface area contributed by atoms with E-state index in [-0.39, 0.29) is 23.5 Å². The Morgan fingerprint density at radius 2 is 2.00 bits per heavy atom. The minimum absolute atomic E-state index is 0.00192. The number of hydrogen-bond donors (Lipinski definition) is 2. The largest absolute Gasteiger partial charge is 0.393 e. The van der Waals surface area contributed by atoms with E-state index in [9.17, 15) is 5.11 Å². The number of allylic oxidation sites excluding steroid dienone is 2. The van der Waals surface area contributed by atoms with Crippen molar-refractivity contribution < 1.29 is 10.2 Å². The van der Waals surface area contributed by atoms with E-state index in [0.717, 1.165) is 32.1 Å². The second kappa shape index (κ2) is 6.49. The van der Waals surface area contributed by atoms with Crippen molar-refractivity contribution in [3.8, 4) is 0 Å². The molecule has 2 fully saturated rings. The quantitative estimate of drug-likeness (QED) is 0.752. The van der Waals surface area contributed by atoms with E-state index in [2.05, 4.69) is 34.3 Å². The van der Waals surface area contributed by atoms with Gasteiger partial charge in [-0.05, 0) is 68.1 Å². The van der Waals surface area contributed by atoms with Crippen LogP contribution in [0, 0.1) is 22.7 Å². The number of rotatable bonds is 4. The third-order valence-electron chi connectivity index (χ3n) is 6.82. The highest BCUT2D eigenvalue weighted by atomic mass is 16.3. The molecule has 0 spiro atoms. The molecule has 22 heavy (non-hydrogen) atoms. The maximum Gasteiger partial charge on any atom is 0.0614 e. The zero-order valence-corrected chi connectivity index (χ0v) is 14.9. The molecule has 2 N–H and O–H groups in total. The van der Waals surface area contributed by atoms with Gasteiger partial charge in [0, 0.05) is 0 Å². The highest BCUT2D eigenvalue weighted by Crippen LogP contribution is 2.61. The lowest BCUT2D eigenvalue weighted by Crippen LogP contribution is -2.54. The maximum absolute atomic E-state index is 10.5. The van der Waals surface area contributed by atoms with Gasteiger partial charge in [0.05, 0.1) is 12.7 Å². The molecule has 2 nitrogen and oxygen atoms in total. The second-order valence-corrected chi connectivity index (χ2v) is 8.46. The summed E-state index contributed by atoms with van der Waals surface area (Å²) in [4.78, 5) is 0. The van der Waals surface area contributed by atoms with Crippen molar-refractivity contribution in [2.45, 2.75) is 72.3 Å². The molecule has 0 aliphatic heterocycles. The average molecular weight is 306 g/mol. The van der Waals surface area contributed by atoms with Gasteiger partial charge in [-0.2, -0.15) is 0 Å². The van der Waals surface area contributed by atoms with E-state index in [1.165, 1.54) is 17.6 Å². The fraction of sp³-hybridized carbons (Fsp3) is 0.800. The Hall–Kier alpha value is -0.600. The molecule has 0 unspecified atom stereocenters. The predicted molar refractivity (Wildman–Crippen MR) is 92.6 cm³/mol. The van der Waals surface area contributed by atoms with Gasteiger partial charge in [0.2, 0.25) is 0 Å². The van der Waals surface area contributed by atoms with Crippen LogP contribution in [0.25, 0.3) is 0 Å². The molecular weight excluding hydrogens is 272 g/mol. The van der Waals surface area contributed by atoms with Crippen LogP contribution in [-0.2, 0) is 0 Å². The van der Waals surface area contributed by atoms with Crippen LogP contribution in [0.15, 0.2) is 23.8 Å². The highest BCUT2D eigenvalue weighted by Gasteiger charge is 2.55. The molecule has 2 rings (SSSR count). The molecule has 0 aromatic carbocycles. The monoisotopic (exact) mass is 306 g/mol. The average Bonchev–Trinajstić information content (AvgIpc) is 2.43. The summed E-state index contributed by atoms with van der Waals surface area (Å²) in [5, 5.41) is 19.5. The number of aliphatic hydroxyl groups excluding tert-OH is 2. The first-order valence-corrected chi connectivity index (χ1v) is 8.85. The zero-order valence-electron chi connectivity index (χ0n) is 14.9. The van der Waals surface area contributed by atoms with E-state index in [4.69, 9.17) is 5.11 Å². The van der Waals surface area contributed by atoms with Crippen LogP contribution in [0.2, 0.25) is 0 Å². The van der Waals surface area contributed by atoms with Gasteiger partial charge in [-0.1, -0.05) is 44.6 Å². The molecular formula is C20H34O2. The summed E-state index contributed by atoms with van der Waals surface area (Å²) >= 11 is 0. The van der Waals surface area contributed by atoms with E-state index in [1.807, 2.05) is 6.08 Å². The number of hydrogen-bond acceptors (Lipinski definition) is 2. The summed E-state index contributed by atoms with van der Waals surface area (Å²) in [5.74, 6) is 1.11. The van der Waals surface area contributed by atoms with Crippen LogP contribution in [0.1, 0.15) is 66.2 Å². The molecule has 126 valence electrons. The maximum atomic E-state index is 10.5. The minimum atomic E-state index is -0.173. The molecule has 2 aliphatic rings. The topological polar surface area (TPSA) is 40.5 Å². The fourth-order valence-corrected chi connectivity index (χ4v) is 5.33. The molecule has 2 saturated carbocycles. The first-order valence-electron chi connectivity index (χ1n) is 8.85. The van der Waals surface area contributed by atoms with Gasteiger partial charge >= 0.3 is 0 Å². The first-order chi connectivity index (χ1) is 10.2. The van der Waals surface area contributed by atoms with Crippen molar-refractivity contribution in [2.24, 2.45) is 22.7 Å². The zero-order chi connectivity index (χ0) is 16.5. The van der Waals surface area contributed by atoms with Gasteiger partial charge in [-0.15, -0.1) is 0 Å². The minimum Gasteiger partial charge on any atom is -0.393 e. The van der Waals surface area contributed by atoms with E-state index >= 15 is 0 Å². The third kappa shape index (κ3) is 3.05.